The van der Waals surface area contributed by atoms with Crippen molar-refractivity contribution in [2.45, 2.75) is 18.0 Å². The number of nitrogens with one attached hydrogen (secondary N) is 1. The van der Waals surface area contributed by atoms with Crippen molar-refractivity contribution >= 4 is 27.4 Å². The summed E-state index contributed by atoms with van der Waals surface area (Å²) in [7, 11) is -2.51. The van der Waals surface area contributed by atoms with E-state index in [1.54, 1.807) is 19.2 Å². The summed E-state index contributed by atoms with van der Waals surface area (Å²) >= 11 is 0. The van der Waals surface area contributed by atoms with Crippen molar-refractivity contribution in [3.05, 3.63) is 95.6 Å². The van der Waals surface area contributed by atoms with Gasteiger partial charge in [-0.25, -0.2) is 0 Å². The van der Waals surface area contributed by atoms with Gasteiger partial charge in [0.2, 0.25) is 6.17 Å². The van der Waals surface area contributed by atoms with Gasteiger partial charge in [-0.15, -0.1) is 5.48 Å². The van der Waals surface area contributed by atoms with E-state index in [0.29, 0.717) is 11.4 Å². The molecule has 3 aromatic carbocycles. The van der Waals surface area contributed by atoms with Crippen molar-refractivity contribution in [3.8, 4) is 0 Å². The fourth-order valence-corrected chi connectivity index (χ4v) is 4.07. The van der Waals surface area contributed by atoms with Gasteiger partial charge in [0.05, 0.1) is 16.3 Å². The molecule has 1 heterocycles. The minimum absolute atomic E-state index is 0.0180. The summed E-state index contributed by atoms with van der Waals surface area (Å²) in [5.41, 5.74) is 6.06. The highest BCUT2D eigenvalue weighted by molar-refractivity contribution is 7.86. The second-order valence-corrected chi connectivity index (χ2v) is 8.68. The van der Waals surface area contributed by atoms with Crippen LogP contribution < -0.4 is 10.4 Å². The number of hydrogen-bond donors (Lipinski definition) is 1. The number of nitrogens with zero attached hydrogens (tertiary/aromatic N) is 2. The first-order chi connectivity index (χ1) is 14.9. The zero-order valence-electron chi connectivity index (χ0n) is 17.0. The number of amides is 1. The zero-order chi connectivity index (χ0) is 22.0. The topological polar surface area (TPSA) is 88.1 Å². The van der Waals surface area contributed by atoms with Crippen LogP contribution in [-0.2, 0) is 19.2 Å². The molecule has 0 bridgehead atoms. The summed E-state index contributed by atoms with van der Waals surface area (Å²) in [5.74, 6) is -0.447. The van der Waals surface area contributed by atoms with E-state index in [-0.39, 0.29) is 4.90 Å². The van der Waals surface area contributed by atoms with Gasteiger partial charge in [0.15, 0.2) is 0 Å². The average Bonchev–Trinajstić information content (AvgIpc) is 2.89. The van der Waals surface area contributed by atoms with Gasteiger partial charge in [-0.3, -0.25) is 9.79 Å². The number of carbonyl (C=O) groups excluding carboxylic acids is 1. The number of benzodiazepines with no additional fused rings is 1. The highest BCUT2D eigenvalue weighted by Gasteiger charge is 2.31. The van der Waals surface area contributed by atoms with E-state index in [9.17, 15) is 13.2 Å². The zero-order valence-corrected chi connectivity index (χ0v) is 17.8. The lowest BCUT2D eigenvalue weighted by Gasteiger charge is -2.20. The standard InChI is InChI=1S/C23H21N3O4S/c1-16-12-14-18(15-13-16)31(28,29)30-25-22-23(27)26(2)20-11-7-6-10-19(20)21(24-22)17-8-4-3-5-9-17/h3-15,22,25H,1-2H3. The predicted octanol–water partition coefficient (Wildman–Crippen LogP) is 3.05. The molecule has 158 valence electrons. The fourth-order valence-electron chi connectivity index (χ4n) is 3.29. The largest absolute Gasteiger partial charge is 0.312 e. The van der Waals surface area contributed by atoms with Gasteiger partial charge in [-0.2, -0.15) is 12.7 Å². The highest BCUT2D eigenvalue weighted by Crippen LogP contribution is 2.27. The second kappa shape index (κ2) is 8.43. The molecular formula is C23H21N3O4S. The number of aryl methyl sites for hydroxylation is 1. The van der Waals surface area contributed by atoms with Gasteiger partial charge in [0.25, 0.3) is 5.91 Å². The summed E-state index contributed by atoms with van der Waals surface area (Å²) < 4.78 is 30.2. The molecule has 31 heavy (non-hydrogen) atoms. The first-order valence-corrected chi connectivity index (χ1v) is 11.0. The van der Waals surface area contributed by atoms with Crippen LogP contribution in [0.5, 0.6) is 0 Å². The van der Waals surface area contributed by atoms with Gasteiger partial charge in [-0.1, -0.05) is 66.2 Å². The molecule has 1 aliphatic rings. The molecule has 0 fully saturated rings. The van der Waals surface area contributed by atoms with Gasteiger partial charge in [0, 0.05) is 18.2 Å². The molecule has 0 saturated heterocycles. The average molecular weight is 436 g/mol. The van der Waals surface area contributed by atoms with Crippen molar-refractivity contribution in [1.82, 2.24) is 5.48 Å². The number of hydroxylamine groups is 1. The monoisotopic (exact) mass is 435 g/mol. The molecule has 1 amide bonds. The third-order valence-corrected chi connectivity index (χ3v) is 6.13. The van der Waals surface area contributed by atoms with Crippen LogP contribution in [0, 0.1) is 6.92 Å². The Kier molecular flexibility index (Phi) is 5.69. The van der Waals surface area contributed by atoms with E-state index in [2.05, 4.69) is 10.5 Å². The van der Waals surface area contributed by atoms with Crippen LogP contribution in [-0.4, -0.2) is 33.3 Å². The summed E-state index contributed by atoms with van der Waals surface area (Å²) in [6.45, 7) is 1.85. The van der Waals surface area contributed by atoms with Crippen LogP contribution >= 0.6 is 0 Å². The Labute approximate surface area is 181 Å². The van der Waals surface area contributed by atoms with Gasteiger partial charge < -0.3 is 4.90 Å². The van der Waals surface area contributed by atoms with Gasteiger partial charge >= 0.3 is 10.1 Å². The number of fused-ring (bicyclic) bond motifs is 1. The number of para-hydroxylation sites is 1. The number of anilines is 1. The molecule has 1 N–H and O–H groups in total. The van der Waals surface area contributed by atoms with E-state index in [1.807, 2.05) is 61.5 Å². The van der Waals surface area contributed by atoms with Gasteiger partial charge in [0.1, 0.15) is 0 Å². The molecule has 4 rings (SSSR count). The van der Waals surface area contributed by atoms with E-state index < -0.39 is 22.2 Å². The SMILES string of the molecule is Cc1ccc(S(=O)(=O)ONC2N=C(c3ccccc3)c3ccccc3N(C)C2=O)cc1. The summed E-state index contributed by atoms with van der Waals surface area (Å²) in [4.78, 5) is 19.0. The van der Waals surface area contributed by atoms with Crippen molar-refractivity contribution in [1.29, 1.82) is 0 Å². The number of carbonyl (C=O) groups is 1. The Morgan fingerprint density at radius 2 is 1.58 bits per heavy atom. The maximum Gasteiger partial charge on any atom is 0.312 e. The van der Waals surface area contributed by atoms with Crippen molar-refractivity contribution in [2.24, 2.45) is 4.99 Å². The van der Waals surface area contributed by atoms with Crippen molar-refractivity contribution in [3.63, 3.8) is 0 Å². The van der Waals surface area contributed by atoms with E-state index in [0.717, 1.165) is 16.7 Å². The molecule has 0 radical (unpaired) electrons. The lowest BCUT2D eigenvalue weighted by atomic mass is 10.0. The molecule has 8 heteroatoms. The van der Waals surface area contributed by atoms with Crippen molar-refractivity contribution < 1.29 is 17.5 Å². The normalized spacial score (nSPS) is 16.5. The molecular weight excluding hydrogens is 414 g/mol. The molecule has 0 saturated carbocycles. The second-order valence-electron chi connectivity index (χ2n) is 7.13. The Hall–Kier alpha value is -3.33. The minimum Gasteiger partial charge on any atom is -0.312 e. The number of hydrogen-bond acceptors (Lipinski definition) is 6. The quantitative estimate of drug-likeness (QED) is 0.623. The van der Waals surface area contributed by atoms with Crippen LogP contribution in [0.25, 0.3) is 0 Å². The Morgan fingerprint density at radius 3 is 2.29 bits per heavy atom. The number of benzene rings is 3. The fraction of sp³-hybridized carbons (Fsp3) is 0.130. The van der Waals surface area contributed by atoms with Crippen molar-refractivity contribution in [2.75, 3.05) is 11.9 Å². The van der Waals surface area contributed by atoms with Crippen LogP contribution in [0.15, 0.2) is 88.8 Å². The summed E-state index contributed by atoms with van der Waals surface area (Å²) in [6.07, 6.45) is -1.26. The molecule has 0 spiro atoms. The Bertz CT molecular complexity index is 1240. The lowest BCUT2D eigenvalue weighted by Crippen LogP contribution is -2.44. The molecule has 0 aliphatic carbocycles. The highest BCUT2D eigenvalue weighted by atomic mass is 32.2. The summed E-state index contributed by atoms with van der Waals surface area (Å²) in [6, 6.07) is 23.0. The summed E-state index contributed by atoms with van der Waals surface area (Å²) in [5, 5.41) is 0. The Morgan fingerprint density at radius 1 is 0.935 bits per heavy atom. The Balaban J connectivity index is 1.70. The lowest BCUT2D eigenvalue weighted by molar-refractivity contribution is -0.121. The van der Waals surface area contributed by atoms with Crippen LogP contribution in [0.4, 0.5) is 5.69 Å². The van der Waals surface area contributed by atoms with E-state index >= 15 is 0 Å². The molecule has 1 unspecified atom stereocenters. The number of rotatable bonds is 5. The predicted molar refractivity (Wildman–Crippen MR) is 118 cm³/mol. The molecule has 1 aliphatic heterocycles. The molecule has 0 aromatic heterocycles. The van der Waals surface area contributed by atoms with E-state index in [1.165, 1.54) is 17.0 Å². The maximum absolute atomic E-state index is 13.1. The van der Waals surface area contributed by atoms with E-state index in [4.69, 9.17) is 4.28 Å². The molecule has 3 aromatic rings. The smallest absolute Gasteiger partial charge is 0.312 e. The van der Waals surface area contributed by atoms with Crippen LogP contribution in [0.3, 0.4) is 0 Å². The third kappa shape index (κ3) is 4.27. The number of likely N-dealkylation sites (N-methyl/N-ethyl adjacent to an activating group) is 1. The molecule has 1 atom stereocenters. The minimum atomic E-state index is -4.13. The van der Waals surface area contributed by atoms with Crippen LogP contribution in [0.1, 0.15) is 16.7 Å². The van der Waals surface area contributed by atoms with Crippen LogP contribution in [0.2, 0.25) is 0 Å². The molecule has 7 nitrogen and oxygen atoms in total. The number of aliphatic imine (C=N–C) groups is 1. The first-order valence-electron chi connectivity index (χ1n) is 9.63. The third-order valence-electron chi connectivity index (χ3n) is 4.97. The first kappa shape index (κ1) is 20.9. The maximum atomic E-state index is 13.1. The van der Waals surface area contributed by atoms with Gasteiger partial charge in [-0.05, 0) is 25.1 Å².